The first-order chi connectivity index (χ1) is 14.1. The first-order valence-electron chi connectivity index (χ1n) is 9.41. The van der Waals surface area contributed by atoms with Crippen LogP contribution >= 0.6 is 0 Å². The van der Waals surface area contributed by atoms with Crippen LogP contribution in [-0.4, -0.2) is 18.6 Å². The predicted octanol–water partition coefficient (Wildman–Crippen LogP) is 5.03. The summed E-state index contributed by atoms with van der Waals surface area (Å²) in [6, 6.07) is 24.4. The van der Waals surface area contributed by atoms with Gasteiger partial charge in [-0.1, -0.05) is 48.5 Å². The van der Waals surface area contributed by atoms with Gasteiger partial charge in [0.2, 0.25) is 0 Å². The van der Waals surface area contributed by atoms with Crippen molar-refractivity contribution in [1.82, 2.24) is 0 Å². The molecule has 1 unspecified atom stereocenters. The lowest BCUT2D eigenvalue weighted by Crippen LogP contribution is -2.30. The standard InChI is InChI=1S/C24H22N2O3/c1-3-28-23-15-18(16-25)13-14-22(23)29-17(2)24(27)26-21-12-8-7-11-20(21)19-9-5-4-6-10-19/h4-15,17H,3H2,1-2H3,(H,26,27). The molecule has 29 heavy (non-hydrogen) atoms. The molecule has 5 heteroatoms. The van der Waals surface area contributed by atoms with Crippen molar-refractivity contribution in [2.45, 2.75) is 20.0 Å². The first kappa shape index (κ1) is 20.0. The molecule has 0 saturated carbocycles. The number of nitrogens with one attached hydrogen (secondary N) is 1. The number of hydrogen-bond donors (Lipinski definition) is 1. The van der Waals surface area contributed by atoms with E-state index in [2.05, 4.69) is 11.4 Å². The number of nitrogens with zero attached hydrogens (tertiary/aromatic N) is 1. The van der Waals surface area contributed by atoms with Gasteiger partial charge in [-0.15, -0.1) is 0 Å². The summed E-state index contributed by atoms with van der Waals surface area (Å²) in [6.45, 7) is 3.95. The number of carbonyl (C=O) groups excluding carboxylic acids is 1. The van der Waals surface area contributed by atoms with Gasteiger partial charge in [-0.05, 0) is 37.6 Å². The Morgan fingerprint density at radius 3 is 2.48 bits per heavy atom. The van der Waals surface area contributed by atoms with Gasteiger partial charge < -0.3 is 14.8 Å². The van der Waals surface area contributed by atoms with Gasteiger partial charge in [0.1, 0.15) is 0 Å². The third-order valence-electron chi connectivity index (χ3n) is 4.32. The van der Waals surface area contributed by atoms with E-state index in [0.717, 1.165) is 11.1 Å². The number of anilines is 1. The molecule has 0 aliphatic rings. The largest absolute Gasteiger partial charge is 0.490 e. The lowest BCUT2D eigenvalue weighted by atomic mass is 10.0. The molecular formula is C24H22N2O3. The fraction of sp³-hybridized carbons (Fsp3) is 0.167. The number of ether oxygens (including phenoxy) is 2. The van der Waals surface area contributed by atoms with E-state index in [-0.39, 0.29) is 5.91 Å². The van der Waals surface area contributed by atoms with E-state index in [1.54, 1.807) is 25.1 Å². The topological polar surface area (TPSA) is 71.3 Å². The quantitative estimate of drug-likeness (QED) is 0.618. The van der Waals surface area contributed by atoms with E-state index in [1.807, 2.05) is 61.5 Å². The third kappa shape index (κ3) is 4.94. The van der Waals surface area contributed by atoms with Crippen molar-refractivity contribution in [3.63, 3.8) is 0 Å². The lowest BCUT2D eigenvalue weighted by molar-refractivity contribution is -0.122. The number of rotatable bonds is 7. The molecule has 0 saturated heterocycles. The zero-order valence-corrected chi connectivity index (χ0v) is 16.4. The highest BCUT2D eigenvalue weighted by Crippen LogP contribution is 2.30. The summed E-state index contributed by atoms with van der Waals surface area (Å²) in [6.07, 6.45) is -0.758. The molecule has 0 aliphatic heterocycles. The summed E-state index contributed by atoms with van der Waals surface area (Å²) < 4.78 is 11.4. The number of amides is 1. The molecule has 5 nitrogen and oxygen atoms in total. The summed E-state index contributed by atoms with van der Waals surface area (Å²) in [5.41, 5.74) is 3.13. The van der Waals surface area contributed by atoms with Crippen LogP contribution in [0.3, 0.4) is 0 Å². The second-order valence-corrected chi connectivity index (χ2v) is 6.37. The van der Waals surface area contributed by atoms with Crippen molar-refractivity contribution in [3.05, 3.63) is 78.4 Å². The highest BCUT2D eigenvalue weighted by Gasteiger charge is 2.19. The molecule has 1 N–H and O–H groups in total. The van der Waals surface area contributed by atoms with Crippen LogP contribution in [0.15, 0.2) is 72.8 Å². The molecule has 0 radical (unpaired) electrons. The van der Waals surface area contributed by atoms with Crippen LogP contribution in [0.1, 0.15) is 19.4 Å². The van der Waals surface area contributed by atoms with Gasteiger partial charge in [-0.25, -0.2) is 0 Å². The van der Waals surface area contributed by atoms with Gasteiger partial charge in [0.05, 0.1) is 18.2 Å². The highest BCUT2D eigenvalue weighted by atomic mass is 16.5. The van der Waals surface area contributed by atoms with Gasteiger partial charge in [-0.3, -0.25) is 4.79 Å². The maximum Gasteiger partial charge on any atom is 0.265 e. The van der Waals surface area contributed by atoms with Crippen molar-refractivity contribution >= 4 is 11.6 Å². The Bertz CT molecular complexity index is 1030. The van der Waals surface area contributed by atoms with Crippen LogP contribution in [0.4, 0.5) is 5.69 Å². The van der Waals surface area contributed by atoms with Crippen molar-refractivity contribution in [2.75, 3.05) is 11.9 Å². The molecule has 1 atom stereocenters. The molecule has 0 spiro atoms. The SMILES string of the molecule is CCOc1cc(C#N)ccc1OC(C)C(=O)Nc1ccccc1-c1ccccc1. The number of carbonyl (C=O) groups is 1. The molecule has 3 aromatic rings. The average Bonchev–Trinajstić information content (AvgIpc) is 2.76. The van der Waals surface area contributed by atoms with Crippen LogP contribution in [0.2, 0.25) is 0 Å². The fourth-order valence-electron chi connectivity index (χ4n) is 2.88. The van der Waals surface area contributed by atoms with Gasteiger partial charge in [0.15, 0.2) is 17.6 Å². The predicted molar refractivity (Wildman–Crippen MR) is 113 cm³/mol. The first-order valence-corrected chi connectivity index (χ1v) is 9.41. The average molecular weight is 386 g/mol. The summed E-state index contributed by atoms with van der Waals surface area (Å²) in [7, 11) is 0. The van der Waals surface area contributed by atoms with Gasteiger partial charge in [0.25, 0.3) is 5.91 Å². The Hall–Kier alpha value is -3.78. The van der Waals surface area contributed by atoms with Crippen LogP contribution in [-0.2, 0) is 4.79 Å². The van der Waals surface area contributed by atoms with Crippen LogP contribution in [0.5, 0.6) is 11.5 Å². The van der Waals surface area contributed by atoms with Crippen molar-refractivity contribution in [2.24, 2.45) is 0 Å². The molecule has 3 aromatic carbocycles. The normalized spacial score (nSPS) is 11.2. The van der Waals surface area contributed by atoms with Crippen molar-refractivity contribution < 1.29 is 14.3 Å². The maximum atomic E-state index is 12.8. The van der Waals surface area contributed by atoms with Crippen LogP contribution in [0, 0.1) is 11.3 Å². The molecule has 1 amide bonds. The van der Waals surface area contributed by atoms with Crippen LogP contribution < -0.4 is 14.8 Å². The van der Waals surface area contributed by atoms with Crippen molar-refractivity contribution in [3.8, 4) is 28.7 Å². The fourth-order valence-corrected chi connectivity index (χ4v) is 2.88. The van der Waals surface area contributed by atoms with E-state index in [4.69, 9.17) is 14.7 Å². The summed E-state index contributed by atoms with van der Waals surface area (Å²) in [4.78, 5) is 12.8. The Labute approximate surface area is 170 Å². The van der Waals surface area contributed by atoms with Crippen LogP contribution in [0.25, 0.3) is 11.1 Å². The van der Waals surface area contributed by atoms with E-state index >= 15 is 0 Å². The Morgan fingerprint density at radius 2 is 1.76 bits per heavy atom. The third-order valence-corrected chi connectivity index (χ3v) is 4.32. The van der Waals surface area contributed by atoms with Gasteiger partial charge in [0, 0.05) is 17.3 Å². The van der Waals surface area contributed by atoms with E-state index in [0.29, 0.717) is 29.4 Å². The summed E-state index contributed by atoms with van der Waals surface area (Å²) >= 11 is 0. The second kappa shape index (κ2) is 9.43. The zero-order chi connectivity index (χ0) is 20.6. The molecule has 0 bridgehead atoms. The van der Waals surface area contributed by atoms with Gasteiger partial charge in [-0.2, -0.15) is 5.26 Å². The monoisotopic (exact) mass is 386 g/mol. The lowest BCUT2D eigenvalue weighted by Gasteiger charge is -2.18. The minimum Gasteiger partial charge on any atom is -0.490 e. The minimum absolute atomic E-state index is 0.278. The highest BCUT2D eigenvalue weighted by molar-refractivity contribution is 5.98. The van der Waals surface area contributed by atoms with E-state index in [1.165, 1.54) is 0 Å². The maximum absolute atomic E-state index is 12.8. The second-order valence-electron chi connectivity index (χ2n) is 6.37. The van der Waals surface area contributed by atoms with E-state index in [9.17, 15) is 4.79 Å². The van der Waals surface area contributed by atoms with E-state index < -0.39 is 6.10 Å². The molecule has 3 rings (SSSR count). The molecule has 0 aromatic heterocycles. The number of hydrogen-bond acceptors (Lipinski definition) is 4. The number of para-hydroxylation sites is 1. The number of nitriles is 1. The molecule has 146 valence electrons. The summed E-state index contributed by atoms with van der Waals surface area (Å²) in [5.74, 6) is 0.584. The minimum atomic E-state index is -0.758. The summed E-state index contributed by atoms with van der Waals surface area (Å²) in [5, 5.41) is 12.0. The Balaban J connectivity index is 1.77. The molecular weight excluding hydrogens is 364 g/mol. The molecule has 0 aliphatic carbocycles. The Morgan fingerprint density at radius 1 is 1.03 bits per heavy atom. The smallest absolute Gasteiger partial charge is 0.265 e. The zero-order valence-electron chi connectivity index (χ0n) is 16.4. The van der Waals surface area contributed by atoms with Gasteiger partial charge >= 0.3 is 0 Å². The number of benzene rings is 3. The molecule has 0 fully saturated rings. The Kier molecular flexibility index (Phi) is 6.49. The molecule has 0 heterocycles. The van der Waals surface area contributed by atoms with Crippen molar-refractivity contribution in [1.29, 1.82) is 5.26 Å².